The van der Waals surface area contributed by atoms with Crippen LogP contribution in [0, 0.1) is 5.82 Å². The van der Waals surface area contributed by atoms with Gasteiger partial charge in [0.15, 0.2) is 0 Å². The minimum atomic E-state index is -1.63. The van der Waals surface area contributed by atoms with Crippen LogP contribution in [-0.2, 0) is 22.4 Å². The molecule has 10 heteroatoms. The first kappa shape index (κ1) is 25.3. The molecule has 0 bridgehead atoms. The topological polar surface area (TPSA) is 132 Å². The van der Waals surface area contributed by atoms with Gasteiger partial charge in [-0.15, -0.1) is 0 Å². The number of rotatable bonds is 7. The lowest BCUT2D eigenvalue weighted by Gasteiger charge is -2.26. The summed E-state index contributed by atoms with van der Waals surface area (Å²) in [7, 11) is 0. The zero-order valence-corrected chi connectivity index (χ0v) is 21.3. The summed E-state index contributed by atoms with van der Waals surface area (Å²) < 4.78 is 21.2. The maximum atomic E-state index is 13.6. The summed E-state index contributed by atoms with van der Waals surface area (Å²) in [5, 5.41) is 19.5. The van der Waals surface area contributed by atoms with Gasteiger partial charge in [-0.2, -0.15) is 5.10 Å². The second-order valence-electron chi connectivity index (χ2n) is 9.94. The number of ether oxygens (including phenoxy) is 1. The average molecular weight is 518 g/mol. The molecule has 1 aliphatic heterocycles. The quantitative estimate of drug-likeness (QED) is 0.345. The van der Waals surface area contributed by atoms with Crippen LogP contribution < -0.4 is 15.8 Å². The first-order valence-corrected chi connectivity index (χ1v) is 12.2. The number of pyridine rings is 1. The number of fused-ring (bicyclic) bond motifs is 2. The van der Waals surface area contributed by atoms with Crippen LogP contribution in [0.25, 0.3) is 22.2 Å². The Balaban J connectivity index is 1.47. The lowest BCUT2D eigenvalue weighted by molar-refractivity contribution is -0.123. The number of nitrogens with zero attached hydrogens (tertiary/aromatic N) is 3. The summed E-state index contributed by atoms with van der Waals surface area (Å²) in [4.78, 5) is 30.0. The Hall–Kier alpha value is -4.31. The molecule has 3 heterocycles. The maximum absolute atomic E-state index is 13.6. The van der Waals surface area contributed by atoms with Gasteiger partial charge < -0.3 is 20.9 Å². The molecule has 9 nitrogen and oxygen atoms in total. The lowest BCUT2D eigenvalue weighted by Crippen LogP contribution is -2.41. The molecular formula is C28H28FN5O4. The van der Waals surface area contributed by atoms with Crippen LogP contribution in [0.1, 0.15) is 42.4 Å². The predicted octanol–water partition coefficient (Wildman–Crippen LogP) is 3.03. The van der Waals surface area contributed by atoms with Crippen LogP contribution >= 0.6 is 0 Å². The van der Waals surface area contributed by atoms with Crippen molar-refractivity contribution in [1.82, 2.24) is 20.1 Å². The molecule has 38 heavy (non-hydrogen) atoms. The van der Waals surface area contributed by atoms with Crippen molar-refractivity contribution in [2.75, 3.05) is 13.2 Å². The Bertz CT molecular complexity index is 1560. The minimum absolute atomic E-state index is 0.00691. The number of aromatic nitrogens is 3. The number of nitrogens with one attached hydrogen (secondary N) is 1. The number of benzene rings is 2. The molecule has 2 aromatic heterocycles. The van der Waals surface area contributed by atoms with Crippen molar-refractivity contribution < 1.29 is 23.8 Å². The smallest absolute Gasteiger partial charge is 0.251 e. The van der Waals surface area contributed by atoms with Gasteiger partial charge in [-0.05, 0) is 69.3 Å². The molecule has 0 radical (unpaired) electrons. The highest BCUT2D eigenvalue weighted by Crippen LogP contribution is 2.45. The normalized spacial score (nSPS) is 18.0. The van der Waals surface area contributed by atoms with Gasteiger partial charge in [0, 0.05) is 34.8 Å². The molecule has 0 spiro atoms. The number of carbonyl (C=O) groups excluding carboxylic acids is 2. The van der Waals surface area contributed by atoms with Crippen LogP contribution in [0.3, 0.4) is 0 Å². The van der Waals surface area contributed by atoms with E-state index in [1.165, 1.54) is 19.1 Å². The number of aryl methyl sites for hydroxylation is 1. The molecule has 0 unspecified atom stereocenters. The average Bonchev–Trinajstić information content (AvgIpc) is 3.48. The highest BCUT2D eigenvalue weighted by molar-refractivity contribution is 5.98. The Morgan fingerprint density at radius 1 is 1.24 bits per heavy atom. The zero-order valence-electron chi connectivity index (χ0n) is 21.3. The van der Waals surface area contributed by atoms with E-state index in [1.807, 2.05) is 13.1 Å². The van der Waals surface area contributed by atoms with Gasteiger partial charge in [0.2, 0.25) is 5.91 Å². The van der Waals surface area contributed by atoms with Gasteiger partial charge in [0.1, 0.15) is 34.9 Å². The third-order valence-corrected chi connectivity index (χ3v) is 7.02. The second-order valence-corrected chi connectivity index (χ2v) is 9.94. The fourth-order valence-corrected chi connectivity index (χ4v) is 4.49. The van der Waals surface area contributed by atoms with Crippen LogP contribution in [0.2, 0.25) is 0 Å². The van der Waals surface area contributed by atoms with Crippen molar-refractivity contribution in [1.29, 1.82) is 0 Å². The van der Waals surface area contributed by atoms with E-state index in [9.17, 15) is 19.1 Å². The molecule has 4 aromatic rings. The molecule has 4 N–H and O–H groups in total. The van der Waals surface area contributed by atoms with Crippen molar-refractivity contribution in [3.8, 4) is 17.0 Å². The number of primary amides is 1. The predicted molar refractivity (Wildman–Crippen MR) is 139 cm³/mol. The number of amides is 2. The molecule has 2 atom stereocenters. The SMILES string of the molecule is CCn1cc2cc(C(=O)NC[C@](C)(O)c3cc4c(c(-c5ccc(F)cc5)n3)OC[C@]4(C)C(N)=O)ccc2n1. The largest absolute Gasteiger partial charge is 0.489 e. The van der Waals surface area contributed by atoms with Crippen molar-refractivity contribution in [3.05, 3.63) is 77.4 Å². The third kappa shape index (κ3) is 4.37. The van der Waals surface area contributed by atoms with E-state index in [2.05, 4.69) is 15.4 Å². The summed E-state index contributed by atoms with van der Waals surface area (Å²) in [6.45, 7) is 5.71. The van der Waals surface area contributed by atoms with Crippen molar-refractivity contribution in [3.63, 3.8) is 0 Å². The van der Waals surface area contributed by atoms with E-state index in [1.54, 1.807) is 48.0 Å². The Morgan fingerprint density at radius 2 is 1.97 bits per heavy atom. The number of aliphatic hydroxyl groups is 1. The number of hydrogen-bond acceptors (Lipinski definition) is 6. The van der Waals surface area contributed by atoms with Crippen molar-refractivity contribution in [2.24, 2.45) is 5.73 Å². The summed E-state index contributed by atoms with van der Waals surface area (Å²) in [6, 6.07) is 12.4. The minimum Gasteiger partial charge on any atom is -0.489 e. The second kappa shape index (κ2) is 9.21. The zero-order chi connectivity index (χ0) is 27.2. The summed E-state index contributed by atoms with van der Waals surface area (Å²) in [5.74, 6) is -1.03. The van der Waals surface area contributed by atoms with Gasteiger partial charge in [0.05, 0.1) is 17.8 Å². The van der Waals surface area contributed by atoms with Gasteiger partial charge in [-0.3, -0.25) is 14.3 Å². The van der Waals surface area contributed by atoms with Crippen molar-refractivity contribution >= 4 is 22.7 Å². The molecular weight excluding hydrogens is 489 g/mol. The van der Waals surface area contributed by atoms with E-state index in [-0.39, 0.29) is 24.8 Å². The highest BCUT2D eigenvalue weighted by atomic mass is 19.1. The van der Waals surface area contributed by atoms with E-state index in [0.29, 0.717) is 34.7 Å². The van der Waals surface area contributed by atoms with Gasteiger partial charge >= 0.3 is 0 Å². The maximum Gasteiger partial charge on any atom is 0.251 e. The molecule has 196 valence electrons. The number of carbonyl (C=O) groups is 2. The molecule has 0 aliphatic carbocycles. The molecule has 1 aliphatic rings. The van der Waals surface area contributed by atoms with Crippen LogP contribution in [0.4, 0.5) is 4.39 Å². The Morgan fingerprint density at radius 3 is 2.66 bits per heavy atom. The van der Waals surface area contributed by atoms with Gasteiger partial charge in [-0.25, -0.2) is 9.37 Å². The number of nitrogens with two attached hydrogens (primary N) is 1. The fraction of sp³-hybridized carbons (Fsp3) is 0.286. The number of halogens is 1. The van der Waals surface area contributed by atoms with E-state index < -0.39 is 22.7 Å². The molecule has 2 aromatic carbocycles. The first-order chi connectivity index (χ1) is 18.0. The highest BCUT2D eigenvalue weighted by Gasteiger charge is 2.45. The van der Waals surface area contributed by atoms with Crippen molar-refractivity contribution in [2.45, 2.75) is 38.3 Å². The fourth-order valence-electron chi connectivity index (χ4n) is 4.49. The molecule has 0 saturated carbocycles. The third-order valence-electron chi connectivity index (χ3n) is 7.02. The Kier molecular flexibility index (Phi) is 6.15. The van der Waals surface area contributed by atoms with Gasteiger partial charge in [-0.1, -0.05) is 0 Å². The van der Waals surface area contributed by atoms with Crippen LogP contribution in [0.15, 0.2) is 54.7 Å². The van der Waals surface area contributed by atoms with Crippen LogP contribution in [-0.4, -0.2) is 44.8 Å². The standard InChI is InChI=1S/C28H28FN5O4/c1-4-34-13-18-11-17(7-10-21(18)33-34)25(35)31-14-28(3,37)22-12-20-24(38-15-27(20,2)26(30)36)23(32-22)16-5-8-19(29)9-6-16/h5-13,37H,4,14-15H2,1-3H3,(H2,30,36)(H,31,35)/t27-,28-/m0/s1. The van der Waals surface area contributed by atoms with E-state index in [4.69, 9.17) is 10.5 Å². The van der Waals surface area contributed by atoms with E-state index >= 15 is 0 Å². The molecule has 2 amide bonds. The molecule has 0 fully saturated rings. The number of hydrogen-bond donors (Lipinski definition) is 3. The summed E-state index contributed by atoms with van der Waals surface area (Å²) in [5.41, 5.74) is 5.69. The monoisotopic (exact) mass is 517 g/mol. The van der Waals surface area contributed by atoms with Crippen LogP contribution in [0.5, 0.6) is 5.75 Å². The lowest BCUT2D eigenvalue weighted by atomic mass is 9.82. The molecule has 5 rings (SSSR count). The first-order valence-electron chi connectivity index (χ1n) is 12.2. The summed E-state index contributed by atoms with van der Waals surface area (Å²) in [6.07, 6.45) is 1.87. The molecule has 0 saturated heterocycles. The van der Waals surface area contributed by atoms with Gasteiger partial charge in [0.25, 0.3) is 5.91 Å². The summed E-state index contributed by atoms with van der Waals surface area (Å²) >= 11 is 0. The Labute approximate surface area is 218 Å². The van der Waals surface area contributed by atoms with E-state index in [0.717, 1.165) is 10.9 Å².